The van der Waals surface area contributed by atoms with Crippen LogP contribution in [0.4, 0.5) is 5.82 Å². The minimum absolute atomic E-state index is 0.0272. The summed E-state index contributed by atoms with van der Waals surface area (Å²) in [7, 11) is -3.86. The predicted molar refractivity (Wildman–Crippen MR) is 69.7 cm³/mol. The van der Waals surface area contributed by atoms with Crippen molar-refractivity contribution in [3.05, 3.63) is 38.7 Å². The number of pyridine rings is 1. The third-order valence-electron chi connectivity index (χ3n) is 2.01. The Bertz CT molecular complexity index is 736. The van der Waals surface area contributed by atoms with Crippen molar-refractivity contribution in [1.29, 1.82) is 0 Å². The van der Waals surface area contributed by atoms with Crippen LogP contribution in [-0.4, -0.2) is 18.4 Å². The van der Waals surface area contributed by atoms with Crippen LogP contribution in [-0.2, 0) is 10.0 Å². The fraction of sp³-hybridized carbons (Fsp3) is 0.111. The Balaban J connectivity index is 2.43. The molecule has 0 aliphatic heterocycles. The van der Waals surface area contributed by atoms with Gasteiger partial charge in [0.05, 0.1) is 5.02 Å². The molecule has 0 saturated heterocycles. The minimum atomic E-state index is -3.86. The molecule has 0 saturated carbocycles. The molecule has 96 valence electrons. The van der Waals surface area contributed by atoms with Crippen LogP contribution in [0.15, 0.2) is 27.3 Å². The first-order valence-electron chi connectivity index (χ1n) is 4.73. The molecule has 0 aliphatic rings. The Hall–Kier alpha value is -1.38. The molecule has 9 heteroatoms. The largest absolute Gasteiger partial charge is 0.315 e. The zero-order valence-electron chi connectivity index (χ0n) is 9.10. The summed E-state index contributed by atoms with van der Waals surface area (Å²) in [4.78, 5) is 16.9. The number of aryl methyl sites for hydroxylation is 1. The van der Waals surface area contributed by atoms with E-state index in [0.717, 1.165) is 0 Å². The highest BCUT2D eigenvalue weighted by Gasteiger charge is 2.21. The van der Waals surface area contributed by atoms with Gasteiger partial charge in [0.25, 0.3) is 10.0 Å². The highest BCUT2D eigenvalue weighted by Crippen LogP contribution is 2.23. The van der Waals surface area contributed by atoms with Gasteiger partial charge in [-0.15, -0.1) is 0 Å². The first-order valence-corrected chi connectivity index (χ1v) is 7.41. The van der Waals surface area contributed by atoms with E-state index in [2.05, 4.69) is 14.7 Å². The number of rotatable bonds is 3. The molecule has 0 unspecified atom stereocenters. The van der Waals surface area contributed by atoms with Gasteiger partial charge in [0, 0.05) is 11.9 Å². The second kappa shape index (κ2) is 4.71. The van der Waals surface area contributed by atoms with Crippen molar-refractivity contribution in [3.63, 3.8) is 0 Å². The van der Waals surface area contributed by atoms with Gasteiger partial charge >= 0.3 is 4.87 Å². The van der Waals surface area contributed by atoms with Crippen molar-refractivity contribution >= 4 is 38.8 Å². The van der Waals surface area contributed by atoms with Crippen LogP contribution in [0.3, 0.4) is 0 Å². The van der Waals surface area contributed by atoms with E-state index in [9.17, 15) is 13.2 Å². The molecule has 2 N–H and O–H groups in total. The maximum atomic E-state index is 12.0. The average Bonchev–Trinajstić information content (AvgIpc) is 2.62. The van der Waals surface area contributed by atoms with Crippen LogP contribution >= 0.6 is 22.9 Å². The molecule has 0 fully saturated rings. The molecule has 0 atom stereocenters. The van der Waals surface area contributed by atoms with Crippen molar-refractivity contribution in [2.24, 2.45) is 0 Å². The molecule has 0 spiro atoms. The Kier molecular flexibility index (Phi) is 3.42. The summed E-state index contributed by atoms with van der Waals surface area (Å²) in [5.74, 6) is 0.0272. The molecule has 2 rings (SSSR count). The van der Waals surface area contributed by atoms with Gasteiger partial charge in [-0.1, -0.05) is 22.9 Å². The van der Waals surface area contributed by atoms with Gasteiger partial charge in [-0.05, 0) is 19.1 Å². The van der Waals surface area contributed by atoms with E-state index in [1.54, 1.807) is 6.07 Å². The number of halogens is 1. The molecule has 0 aliphatic carbocycles. The van der Waals surface area contributed by atoms with Crippen LogP contribution in [0.25, 0.3) is 0 Å². The summed E-state index contributed by atoms with van der Waals surface area (Å²) in [6.45, 7) is 1.51. The Labute approximate surface area is 112 Å². The lowest BCUT2D eigenvalue weighted by atomic mass is 10.5. The van der Waals surface area contributed by atoms with Crippen LogP contribution in [0.5, 0.6) is 0 Å². The second-order valence-corrected chi connectivity index (χ2v) is 6.63. The van der Waals surface area contributed by atoms with Crippen LogP contribution in [0, 0.1) is 6.92 Å². The SMILES string of the molecule is Cc1[nH]c(=O)sc1S(=O)(=O)Nc1ncccc1Cl. The number of nitrogens with one attached hydrogen (secondary N) is 2. The van der Waals surface area contributed by atoms with Crippen LogP contribution in [0.2, 0.25) is 5.02 Å². The second-order valence-electron chi connectivity index (χ2n) is 3.37. The number of nitrogens with zero attached hydrogens (tertiary/aromatic N) is 1. The standard InChI is InChI=1S/C9H8ClN3O3S2/c1-5-8(17-9(14)12-5)18(15,16)13-7-6(10)3-2-4-11-7/h2-4H,1H3,(H,11,13)(H,12,14). The topological polar surface area (TPSA) is 91.9 Å². The van der Waals surface area contributed by atoms with Crippen molar-refractivity contribution in [2.75, 3.05) is 4.72 Å². The normalized spacial score (nSPS) is 11.4. The summed E-state index contributed by atoms with van der Waals surface area (Å²) in [5.41, 5.74) is 0.282. The number of aromatic nitrogens is 2. The lowest BCUT2D eigenvalue weighted by Crippen LogP contribution is -2.14. The predicted octanol–water partition coefficient (Wildman–Crippen LogP) is 1.59. The fourth-order valence-corrected chi connectivity index (χ4v) is 3.84. The summed E-state index contributed by atoms with van der Waals surface area (Å²) in [6, 6.07) is 3.10. The average molecular weight is 306 g/mol. The first kappa shape index (κ1) is 13.1. The smallest absolute Gasteiger partial charge is 0.306 e. The molecule has 2 aromatic rings. The van der Waals surface area contributed by atoms with Gasteiger partial charge in [0.15, 0.2) is 10.0 Å². The van der Waals surface area contributed by atoms with Crippen molar-refractivity contribution in [1.82, 2.24) is 9.97 Å². The van der Waals surface area contributed by atoms with Gasteiger partial charge < -0.3 is 4.98 Å². The van der Waals surface area contributed by atoms with Gasteiger partial charge in [-0.3, -0.25) is 9.52 Å². The monoisotopic (exact) mass is 305 g/mol. The minimum Gasteiger partial charge on any atom is -0.315 e. The Morgan fingerprint density at radius 1 is 1.50 bits per heavy atom. The first-order chi connectivity index (χ1) is 8.40. The molecule has 0 radical (unpaired) electrons. The molecule has 6 nitrogen and oxygen atoms in total. The highest BCUT2D eigenvalue weighted by atomic mass is 35.5. The van der Waals surface area contributed by atoms with Gasteiger partial charge in [0.2, 0.25) is 0 Å². The van der Waals surface area contributed by atoms with Crippen LogP contribution in [0.1, 0.15) is 5.69 Å². The van der Waals surface area contributed by atoms with Crippen LogP contribution < -0.4 is 9.60 Å². The van der Waals surface area contributed by atoms with Gasteiger partial charge in [-0.2, -0.15) is 0 Å². The Morgan fingerprint density at radius 3 is 2.78 bits per heavy atom. The zero-order valence-corrected chi connectivity index (χ0v) is 11.5. The molecule has 18 heavy (non-hydrogen) atoms. The lowest BCUT2D eigenvalue weighted by molar-refractivity contribution is 0.602. The van der Waals surface area contributed by atoms with E-state index < -0.39 is 14.9 Å². The van der Waals surface area contributed by atoms with E-state index in [1.807, 2.05) is 0 Å². The maximum Gasteiger partial charge on any atom is 0.306 e. The number of hydrogen-bond acceptors (Lipinski definition) is 5. The van der Waals surface area contributed by atoms with Crippen molar-refractivity contribution in [3.8, 4) is 0 Å². The van der Waals surface area contributed by atoms with E-state index in [-0.39, 0.29) is 20.7 Å². The third kappa shape index (κ3) is 2.55. The summed E-state index contributed by atoms with van der Waals surface area (Å²) in [6.07, 6.45) is 1.41. The summed E-state index contributed by atoms with van der Waals surface area (Å²) in [5, 5.41) is 0.182. The zero-order chi connectivity index (χ0) is 13.3. The molecule has 0 bridgehead atoms. The van der Waals surface area contributed by atoms with Gasteiger partial charge in [-0.25, -0.2) is 13.4 Å². The summed E-state index contributed by atoms with van der Waals surface area (Å²) < 4.78 is 26.2. The quantitative estimate of drug-likeness (QED) is 0.901. The number of anilines is 1. The number of H-pyrrole nitrogens is 1. The molecule has 0 aromatic carbocycles. The van der Waals surface area contributed by atoms with E-state index >= 15 is 0 Å². The van der Waals surface area contributed by atoms with Crippen molar-refractivity contribution < 1.29 is 8.42 Å². The molecule has 0 amide bonds. The number of aromatic amines is 1. The van der Waals surface area contributed by atoms with E-state index in [4.69, 9.17) is 11.6 Å². The summed E-state index contributed by atoms with van der Waals surface area (Å²) >= 11 is 6.42. The molecular formula is C9H8ClN3O3S2. The third-order valence-corrected chi connectivity index (χ3v) is 5.26. The van der Waals surface area contributed by atoms with E-state index in [1.165, 1.54) is 19.2 Å². The number of thiazole rings is 1. The van der Waals surface area contributed by atoms with Gasteiger partial charge in [0.1, 0.15) is 0 Å². The fourth-order valence-electron chi connectivity index (χ4n) is 1.28. The highest BCUT2D eigenvalue weighted by molar-refractivity contribution is 7.94. The number of hydrogen-bond donors (Lipinski definition) is 2. The maximum absolute atomic E-state index is 12.0. The Morgan fingerprint density at radius 2 is 2.22 bits per heavy atom. The van der Waals surface area contributed by atoms with Crippen molar-refractivity contribution in [2.45, 2.75) is 11.1 Å². The lowest BCUT2D eigenvalue weighted by Gasteiger charge is -2.06. The molecule has 2 heterocycles. The van der Waals surface area contributed by atoms with E-state index in [0.29, 0.717) is 11.3 Å². The number of sulfonamides is 1. The molecular weight excluding hydrogens is 298 g/mol. The molecule has 2 aromatic heterocycles.